The highest BCUT2D eigenvalue weighted by atomic mass is 16.4. The molecule has 3 heteroatoms. The van der Waals surface area contributed by atoms with Crippen LogP contribution in [0.25, 0.3) is 0 Å². The van der Waals surface area contributed by atoms with Gasteiger partial charge < -0.3 is 10.2 Å². The van der Waals surface area contributed by atoms with E-state index in [-0.39, 0.29) is 0 Å². The number of aromatic nitrogens is 1. The molecule has 1 heterocycles. The van der Waals surface area contributed by atoms with E-state index in [9.17, 15) is 0 Å². The average molecular weight is 208 g/mol. The zero-order valence-electron chi connectivity index (χ0n) is 9.24. The third kappa shape index (κ3) is 2.81. The Labute approximate surface area is 91.1 Å². The summed E-state index contributed by atoms with van der Waals surface area (Å²) in [7, 11) is 0. The molecule has 0 unspecified atom stereocenters. The summed E-state index contributed by atoms with van der Waals surface area (Å²) >= 11 is 0. The van der Waals surface area contributed by atoms with Crippen LogP contribution in [0.4, 0.5) is 0 Å². The maximum absolute atomic E-state index is 5.73. The Morgan fingerprint density at radius 3 is 2.67 bits per heavy atom. The zero-order chi connectivity index (χ0) is 10.5. The van der Waals surface area contributed by atoms with Crippen molar-refractivity contribution in [3.63, 3.8) is 0 Å². The first kappa shape index (κ1) is 10.7. The molecule has 1 aliphatic carbocycles. The van der Waals surface area contributed by atoms with Gasteiger partial charge >= 0.3 is 0 Å². The molecule has 2 rings (SSSR count). The van der Waals surface area contributed by atoms with Crippen molar-refractivity contribution in [2.45, 2.75) is 50.9 Å². The molecule has 84 valence electrons. The van der Waals surface area contributed by atoms with E-state index in [4.69, 9.17) is 10.2 Å². The summed E-state index contributed by atoms with van der Waals surface area (Å²) in [6.45, 7) is 0.616. The van der Waals surface area contributed by atoms with Gasteiger partial charge in [0.05, 0.1) is 6.20 Å². The smallest absolute Gasteiger partial charge is 0.195 e. The van der Waals surface area contributed by atoms with Gasteiger partial charge in [-0.15, -0.1) is 0 Å². The van der Waals surface area contributed by atoms with Crippen LogP contribution in [0.2, 0.25) is 0 Å². The summed E-state index contributed by atoms with van der Waals surface area (Å²) in [6.07, 6.45) is 10.6. The van der Waals surface area contributed by atoms with Gasteiger partial charge in [0.2, 0.25) is 0 Å². The van der Waals surface area contributed by atoms with Crippen molar-refractivity contribution in [1.82, 2.24) is 4.98 Å². The Hall–Kier alpha value is -0.830. The molecule has 1 aliphatic rings. The van der Waals surface area contributed by atoms with Gasteiger partial charge in [-0.05, 0) is 12.8 Å². The fourth-order valence-electron chi connectivity index (χ4n) is 2.32. The van der Waals surface area contributed by atoms with Crippen molar-refractivity contribution < 1.29 is 4.42 Å². The minimum absolute atomic E-state index is 0.603. The molecule has 0 amide bonds. The molecule has 3 nitrogen and oxygen atoms in total. The third-order valence-electron chi connectivity index (χ3n) is 3.19. The van der Waals surface area contributed by atoms with Gasteiger partial charge in [0.15, 0.2) is 5.89 Å². The van der Waals surface area contributed by atoms with E-state index < -0.39 is 0 Å². The van der Waals surface area contributed by atoms with Crippen LogP contribution < -0.4 is 5.73 Å². The lowest BCUT2D eigenvalue weighted by molar-refractivity contribution is 0.404. The number of nitrogens with two attached hydrogens (primary N) is 1. The second-order valence-electron chi connectivity index (χ2n) is 4.38. The minimum Gasteiger partial charge on any atom is -0.445 e. The monoisotopic (exact) mass is 208 g/mol. The Morgan fingerprint density at radius 1 is 1.27 bits per heavy atom. The van der Waals surface area contributed by atoms with Crippen molar-refractivity contribution in [1.29, 1.82) is 0 Å². The van der Waals surface area contributed by atoms with E-state index in [0.29, 0.717) is 12.5 Å². The summed E-state index contributed by atoms with van der Waals surface area (Å²) in [4.78, 5) is 4.27. The first-order chi connectivity index (χ1) is 7.40. The molecule has 0 aromatic carbocycles. The second-order valence-corrected chi connectivity index (χ2v) is 4.38. The van der Waals surface area contributed by atoms with Crippen molar-refractivity contribution in [3.05, 3.63) is 17.8 Å². The lowest BCUT2D eigenvalue weighted by atomic mass is 9.98. The molecule has 0 spiro atoms. The molecule has 15 heavy (non-hydrogen) atoms. The third-order valence-corrected chi connectivity index (χ3v) is 3.19. The summed E-state index contributed by atoms with van der Waals surface area (Å²) in [5.41, 5.74) is 5.47. The molecule has 1 fully saturated rings. The molecular formula is C12H20N2O. The number of oxazole rings is 1. The lowest BCUT2D eigenvalue weighted by Crippen LogP contribution is -2.02. The van der Waals surface area contributed by atoms with Gasteiger partial charge in [-0.25, -0.2) is 4.98 Å². The maximum Gasteiger partial charge on any atom is 0.195 e. The van der Waals surface area contributed by atoms with Gasteiger partial charge in [-0.1, -0.05) is 25.7 Å². The first-order valence-corrected chi connectivity index (χ1v) is 6.05. The fraction of sp³-hybridized carbons (Fsp3) is 0.750. The molecule has 0 saturated heterocycles. The molecular weight excluding hydrogens is 188 g/mol. The Balaban J connectivity index is 2.00. The standard InChI is InChI=1S/C12H20N2O/c13-8-7-12-14-9-11(15-12)10-5-3-1-2-4-6-10/h9-10H,1-8,13H2. The number of rotatable bonds is 3. The lowest BCUT2D eigenvalue weighted by Gasteiger charge is -2.09. The summed E-state index contributed by atoms with van der Waals surface area (Å²) < 4.78 is 5.73. The molecule has 0 radical (unpaired) electrons. The summed E-state index contributed by atoms with van der Waals surface area (Å²) in [5.74, 6) is 2.49. The summed E-state index contributed by atoms with van der Waals surface area (Å²) in [5, 5.41) is 0. The van der Waals surface area contributed by atoms with Crippen LogP contribution in [-0.2, 0) is 6.42 Å². The molecule has 2 N–H and O–H groups in total. The van der Waals surface area contributed by atoms with E-state index in [1.54, 1.807) is 0 Å². The topological polar surface area (TPSA) is 52.0 Å². The van der Waals surface area contributed by atoms with Crippen molar-refractivity contribution in [2.24, 2.45) is 5.73 Å². The molecule has 1 aromatic heterocycles. The largest absolute Gasteiger partial charge is 0.445 e. The van der Waals surface area contributed by atoms with E-state index in [1.165, 1.54) is 38.5 Å². The molecule has 0 atom stereocenters. The predicted molar refractivity (Wildman–Crippen MR) is 59.7 cm³/mol. The van der Waals surface area contributed by atoms with Crippen LogP contribution >= 0.6 is 0 Å². The van der Waals surface area contributed by atoms with Gasteiger partial charge in [0.25, 0.3) is 0 Å². The van der Waals surface area contributed by atoms with Crippen LogP contribution in [0.15, 0.2) is 10.6 Å². The van der Waals surface area contributed by atoms with E-state index in [2.05, 4.69) is 4.98 Å². The van der Waals surface area contributed by atoms with Crippen LogP contribution in [0, 0.1) is 0 Å². The van der Waals surface area contributed by atoms with Crippen molar-refractivity contribution >= 4 is 0 Å². The van der Waals surface area contributed by atoms with Crippen LogP contribution in [-0.4, -0.2) is 11.5 Å². The number of nitrogens with zero attached hydrogens (tertiary/aromatic N) is 1. The molecule has 1 saturated carbocycles. The highest BCUT2D eigenvalue weighted by Crippen LogP contribution is 2.31. The molecule has 0 bridgehead atoms. The van der Waals surface area contributed by atoms with Gasteiger partial charge in [0.1, 0.15) is 5.76 Å². The van der Waals surface area contributed by atoms with E-state index in [0.717, 1.165) is 18.1 Å². The quantitative estimate of drug-likeness (QED) is 0.777. The zero-order valence-corrected chi connectivity index (χ0v) is 9.24. The van der Waals surface area contributed by atoms with Crippen molar-refractivity contribution in [3.8, 4) is 0 Å². The molecule has 0 aliphatic heterocycles. The van der Waals surface area contributed by atoms with Crippen LogP contribution in [0.3, 0.4) is 0 Å². The van der Waals surface area contributed by atoms with Gasteiger partial charge in [-0.3, -0.25) is 0 Å². The van der Waals surface area contributed by atoms with Crippen LogP contribution in [0.1, 0.15) is 56.1 Å². The molecule has 1 aromatic rings. The maximum atomic E-state index is 5.73. The second kappa shape index (κ2) is 5.31. The Morgan fingerprint density at radius 2 is 2.00 bits per heavy atom. The van der Waals surface area contributed by atoms with Gasteiger partial charge in [-0.2, -0.15) is 0 Å². The fourth-order valence-corrected chi connectivity index (χ4v) is 2.32. The van der Waals surface area contributed by atoms with E-state index in [1.807, 2.05) is 6.20 Å². The highest BCUT2D eigenvalue weighted by Gasteiger charge is 2.18. The van der Waals surface area contributed by atoms with Gasteiger partial charge in [0, 0.05) is 18.9 Å². The Kier molecular flexibility index (Phi) is 3.78. The normalized spacial score (nSPS) is 19.0. The SMILES string of the molecule is NCCc1ncc(C2CCCCCC2)o1. The average Bonchev–Trinajstić information content (AvgIpc) is 2.53. The number of hydrogen-bond acceptors (Lipinski definition) is 3. The predicted octanol–water partition coefficient (Wildman–Crippen LogP) is 2.61. The van der Waals surface area contributed by atoms with E-state index >= 15 is 0 Å². The minimum atomic E-state index is 0.603. The number of hydrogen-bond donors (Lipinski definition) is 1. The van der Waals surface area contributed by atoms with Crippen molar-refractivity contribution in [2.75, 3.05) is 6.54 Å². The first-order valence-electron chi connectivity index (χ1n) is 6.05. The highest BCUT2D eigenvalue weighted by molar-refractivity contribution is 5.02. The van der Waals surface area contributed by atoms with Crippen LogP contribution in [0.5, 0.6) is 0 Å². The summed E-state index contributed by atoms with van der Waals surface area (Å²) in [6, 6.07) is 0. The Bertz CT molecular complexity index is 288.